The van der Waals surface area contributed by atoms with Crippen LogP contribution in [0.3, 0.4) is 0 Å². The summed E-state index contributed by atoms with van der Waals surface area (Å²) in [4.78, 5) is 1.09. The first-order valence-corrected chi connectivity index (χ1v) is 7.95. The van der Waals surface area contributed by atoms with Gasteiger partial charge in [-0.25, -0.2) is 0 Å². The predicted molar refractivity (Wildman–Crippen MR) is 83.3 cm³/mol. The summed E-state index contributed by atoms with van der Waals surface area (Å²) in [6, 6.07) is 7.65. The van der Waals surface area contributed by atoms with Gasteiger partial charge in [0.05, 0.1) is 17.2 Å². The van der Waals surface area contributed by atoms with Crippen LogP contribution in [0.4, 0.5) is 0 Å². The predicted octanol–water partition coefficient (Wildman–Crippen LogP) is 4.08. The zero-order valence-corrected chi connectivity index (χ0v) is 13.2. The Labute approximate surface area is 128 Å². The van der Waals surface area contributed by atoms with Crippen molar-refractivity contribution in [2.75, 3.05) is 6.61 Å². The van der Waals surface area contributed by atoms with Crippen LogP contribution in [0.5, 0.6) is 0 Å². The number of nitrogens with one attached hydrogen (secondary N) is 1. The van der Waals surface area contributed by atoms with Gasteiger partial charge in [0.15, 0.2) is 0 Å². The molecule has 0 saturated carbocycles. The van der Waals surface area contributed by atoms with Crippen LogP contribution >= 0.6 is 22.9 Å². The molecule has 5 heteroatoms. The first-order valence-electron chi connectivity index (χ1n) is 6.75. The summed E-state index contributed by atoms with van der Waals surface area (Å²) in [5, 5.41) is 13.0. The molecule has 2 aromatic heterocycles. The van der Waals surface area contributed by atoms with Gasteiger partial charge in [0.1, 0.15) is 11.8 Å². The third-order valence-electron chi connectivity index (χ3n) is 3.08. The molecule has 2 rings (SSSR count). The van der Waals surface area contributed by atoms with E-state index in [9.17, 15) is 5.11 Å². The summed E-state index contributed by atoms with van der Waals surface area (Å²) in [6.07, 6.45) is 2.57. The highest BCUT2D eigenvalue weighted by molar-refractivity contribution is 7.16. The maximum Gasteiger partial charge on any atom is 0.126 e. The highest BCUT2D eigenvalue weighted by atomic mass is 35.5. The van der Waals surface area contributed by atoms with Crippen molar-refractivity contribution in [2.24, 2.45) is 5.92 Å². The fraction of sp³-hybridized carbons (Fsp3) is 0.467. The minimum absolute atomic E-state index is 0.0333. The van der Waals surface area contributed by atoms with E-state index in [1.165, 1.54) is 11.3 Å². The topological polar surface area (TPSA) is 45.4 Å². The van der Waals surface area contributed by atoms with Gasteiger partial charge in [-0.15, -0.1) is 11.3 Å². The Morgan fingerprint density at radius 3 is 2.65 bits per heavy atom. The molecule has 2 unspecified atom stereocenters. The molecule has 2 aromatic rings. The van der Waals surface area contributed by atoms with Crippen molar-refractivity contribution >= 4 is 22.9 Å². The first-order chi connectivity index (χ1) is 9.60. The van der Waals surface area contributed by atoms with Crippen molar-refractivity contribution in [1.29, 1.82) is 0 Å². The van der Waals surface area contributed by atoms with Gasteiger partial charge in [0, 0.05) is 10.9 Å². The Kier molecular flexibility index (Phi) is 5.66. The van der Waals surface area contributed by atoms with Crippen LogP contribution in [0.2, 0.25) is 4.34 Å². The third kappa shape index (κ3) is 4.09. The quantitative estimate of drug-likeness (QED) is 0.809. The second kappa shape index (κ2) is 7.27. The lowest BCUT2D eigenvalue weighted by molar-refractivity contribution is 0.214. The Bertz CT molecular complexity index is 510. The molecule has 3 nitrogen and oxygen atoms in total. The largest absolute Gasteiger partial charge is 0.467 e. The molecule has 110 valence electrons. The normalized spacial score (nSPS) is 14.7. The van der Waals surface area contributed by atoms with E-state index in [1.807, 2.05) is 24.3 Å². The second-order valence-corrected chi connectivity index (χ2v) is 7.01. The summed E-state index contributed by atoms with van der Waals surface area (Å²) < 4.78 is 6.28. The highest BCUT2D eigenvalue weighted by Gasteiger charge is 2.22. The third-order valence-corrected chi connectivity index (χ3v) is 4.38. The number of furan rings is 1. The van der Waals surface area contributed by atoms with E-state index in [-0.39, 0.29) is 18.7 Å². The van der Waals surface area contributed by atoms with Gasteiger partial charge >= 0.3 is 0 Å². The molecular formula is C15H20ClNO2S. The Hall–Kier alpha value is -0.810. The zero-order chi connectivity index (χ0) is 14.5. The molecule has 0 aromatic carbocycles. The van der Waals surface area contributed by atoms with E-state index in [1.54, 1.807) is 6.26 Å². The van der Waals surface area contributed by atoms with Gasteiger partial charge in [0.25, 0.3) is 0 Å². The SMILES string of the molecule is CC(C)CC(CO)NC(c1ccco1)c1ccc(Cl)s1. The molecule has 20 heavy (non-hydrogen) atoms. The van der Waals surface area contributed by atoms with Crippen LogP contribution in [0.1, 0.15) is 36.9 Å². The van der Waals surface area contributed by atoms with E-state index in [0.29, 0.717) is 5.92 Å². The Morgan fingerprint density at radius 2 is 2.15 bits per heavy atom. The van der Waals surface area contributed by atoms with Crippen molar-refractivity contribution in [2.45, 2.75) is 32.4 Å². The van der Waals surface area contributed by atoms with Crippen LogP contribution < -0.4 is 5.32 Å². The fourth-order valence-corrected chi connectivity index (χ4v) is 3.37. The maximum atomic E-state index is 9.56. The average Bonchev–Trinajstić information content (AvgIpc) is 3.05. The van der Waals surface area contributed by atoms with Gasteiger partial charge in [0.2, 0.25) is 0 Å². The molecule has 2 atom stereocenters. The molecule has 0 amide bonds. The Balaban J connectivity index is 2.19. The summed E-state index contributed by atoms with van der Waals surface area (Å²) in [5.74, 6) is 1.36. The maximum absolute atomic E-state index is 9.56. The molecule has 0 aliphatic rings. The fourth-order valence-electron chi connectivity index (χ4n) is 2.24. The van der Waals surface area contributed by atoms with Gasteiger partial charge < -0.3 is 9.52 Å². The van der Waals surface area contributed by atoms with Crippen LogP contribution in [0.15, 0.2) is 34.9 Å². The molecule has 0 spiro atoms. The van der Waals surface area contributed by atoms with Crippen molar-refractivity contribution in [1.82, 2.24) is 5.32 Å². The van der Waals surface area contributed by atoms with Crippen molar-refractivity contribution in [3.63, 3.8) is 0 Å². The molecule has 0 fully saturated rings. The number of rotatable bonds is 7. The van der Waals surface area contributed by atoms with Crippen molar-refractivity contribution < 1.29 is 9.52 Å². The van der Waals surface area contributed by atoms with Crippen LogP contribution in [0.25, 0.3) is 0 Å². The molecule has 0 saturated heterocycles. The summed E-state index contributed by atoms with van der Waals surface area (Å²) in [6.45, 7) is 4.40. The van der Waals surface area contributed by atoms with E-state index < -0.39 is 0 Å². The van der Waals surface area contributed by atoms with Crippen LogP contribution in [-0.2, 0) is 0 Å². The van der Waals surface area contributed by atoms with E-state index in [2.05, 4.69) is 19.2 Å². The standard InChI is InChI=1S/C15H20ClNO2S/c1-10(2)8-11(9-18)17-15(12-4-3-7-19-12)13-5-6-14(16)20-13/h3-7,10-11,15,17-18H,8-9H2,1-2H3. The van der Waals surface area contributed by atoms with Crippen molar-refractivity contribution in [3.05, 3.63) is 45.5 Å². The first kappa shape index (κ1) is 15.6. The molecule has 2 N–H and O–H groups in total. The van der Waals surface area contributed by atoms with Crippen LogP contribution in [0, 0.1) is 5.92 Å². The van der Waals surface area contributed by atoms with Crippen molar-refractivity contribution in [3.8, 4) is 0 Å². The average molecular weight is 314 g/mol. The number of hydrogen-bond acceptors (Lipinski definition) is 4. The lowest BCUT2D eigenvalue weighted by atomic mass is 10.0. The number of thiophene rings is 1. The van der Waals surface area contributed by atoms with Crippen LogP contribution in [-0.4, -0.2) is 17.8 Å². The number of hydrogen-bond donors (Lipinski definition) is 2. The van der Waals surface area contributed by atoms with E-state index >= 15 is 0 Å². The molecule has 0 radical (unpaired) electrons. The summed E-state index contributed by atoms with van der Waals surface area (Å²) in [5.41, 5.74) is 0. The minimum Gasteiger partial charge on any atom is -0.467 e. The van der Waals surface area contributed by atoms with Gasteiger partial charge in [-0.1, -0.05) is 25.4 Å². The number of aliphatic hydroxyl groups excluding tert-OH is 1. The minimum atomic E-state index is -0.0709. The van der Waals surface area contributed by atoms with E-state index in [4.69, 9.17) is 16.0 Å². The molecule has 2 heterocycles. The smallest absolute Gasteiger partial charge is 0.126 e. The molecule has 0 aliphatic heterocycles. The van der Waals surface area contributed by atoms with Gasteiger partial charge in [-0.05, 0) is 36.6 Å². The highest BCUT2D eigenvalue weighted by Crippen LogP contribution is 2.32. The summed E-state index contributed by atoms with van der Waals surface area (Å²) in [7, 11) is 0. The van der Waals surface area contributed by atoms with E-state index in [0.717, 1.165) is 21.4 Å². The lowest BCUT2D eigenvalue weighted by Crippen LogP contribution is -2.36. The Morgan fingerprint density at radius 1 is 1.35 bits per heavy atom. The molecule has 0 aliphatic carbocycles. The number of halogens is 1. The molecule has 0 bridgehead atoms. The number of aliphatic hydroxyl groups is 1. The second-order valence-electron chi connectivity index (χ2n) is 5.27. The zero-order valence-electron chi connectivity index (χ0n) is 11.7. The van der Waals surface area contributed by atoms with Gasteiger partial charge in [-0.3, -0.25) is 5.32 Å². The van der Waals surface area contributed by atoms with Gasteiger partial charge in [-0.2, -0.15) is 0 Å². The lowest BCUT2D eigenvalue weighted by Gasteiger charge is -2.24. The monoisotopic (exact) mass is 313 g/mol. The summed E-state index contributed by atoms with van der Waals surface area (Å²) >= 11 is 7.56. The molecular weight excluding hydrogens is 294 g/mol.